The number of ether oxygens (including phenoxy) is 2. The van der Waals surface area contributed by atoms with Crippen molar-refractivity contribution in [3.63, 3.8) is 0 Å². The van der Waals surface area contributed by atoms with Gasteiger partial charge < -0.3 is 44.4 Å². The molecule has 5 aromatic rings. The first-order chi connectivity index (χ1) is 32.9. The Labute approximate surface area is 411 Å². The second kappa shape index (κ2) is 22.4. The molecule has 5 N–H and O–H groups in total. The first-order valence-electron chi connectivity index (χ1n) is 23.9. The van der Waals surface area contributed by atoms with Crippen LogP contribution in [0.1, 0.15) is 70.1 Å². The summed E-state index contributed by atoms with van der Waals surface area (Å²) in [4.78, 5) is 58.1. The van der Waals surface area contributed by atoms with Crippen molar-refractivity contribution in [1.29, 1.82) is 0 Å². The van der Waals surface area contributed by atoms with Crippen LogP contribution in [-0.2, 0) is 25.3 Å². The van der Waals surface area contributed by atoms with Crippen molar-refractivity contribution < 1.29 is 33.4 Å². The maximum absolute atomic E-state index is 13.1. The minimum Gasteiger partial charge on any atom is -0.506 e. The summed E-state index contributed by atoms with van der Waals surface area (Å²) in [6, 6.07) is 27.7. The van der Waals surface area contributed by atoms with Crippen molar-refractivity contribution in [1.82, 2.24) is 20.1 Å². The third kappa shape index (κ3) is 12.9. The molecule has 0 bridgehead atoms. The van der Waals surface area contributed by atoms with E-state index >= 15 is 0 Å². The quantitative estimate of drug-likeness (QED) is 0.0501. The molecule has 0 radical (unpaired) electrons. The number of hydrogen-bond acceptors (Lipinski definition) is 10. The van der Waals surface area contributed by atoms with Crippen molar-refractivity contribution in [2.24, 2.45) is 11.8 Å². The first-order valence-corrected chi connectivity index (χ1v) is 27.2. The highest BCUT2D eigenvalue weighted by molar-refractivity contribution is 6.74. The Morgan fingerprint density at radius 1 is 0.928 bits per heavy atom. The summed E-state index contributed by atoms with van der Waals surface area (Å²) < 4.78 is 18.6. The first kappa shape index (κ1) is 51.1. The predicted molar refractivity (Wildman–Crippen MR) is 276 cm³/mol. The number of phenolic OH excluding ortho intramolecular Hbond substituents is 1. The van der Waals surface area contributed by atoms with Crippen LogP contribution in [0, 0.1) is 11.8 Å². The third-order valence-corrected chi connectivity index (χ3v) is 18.9. The molecule has 3 atom stereocenters. The molecule has 2 unspecified atom stereocenters. The van der Waals surface area contributed by atoms with Gasteiger partial charge in [-0.3, -0.25) is 19.7 Å². The second-order valence-corrected chi connectivity index (χ2v) is 25.1. The summed E-state index contributed by atoms with van der Waals surface area (Å²) in [5.74, 6) is 1.18. The highest BCUT2D eigenvalue weighted by atomic mass is 35.5. The zero-order valence-corrected chi connectivity index (χ0v) is 42.6. The van der Waals surface area contributed by atoms with E-state index in [-0.39, 0.29) is 40.7 Å². The summed E-state index contributed by atoms with van der Waals surface area (Å²) in [7, 11) is 1.05. The molecule has 1 aliphatic heterocycles. The van der Waals surface area contributed by atoms with E-state index in [0.29, 0.717) is 83.9 Å². The molecule has 16 heteroatoms. The highest BCUT2D eigenvalue weighted by Gasteiger charge is 2.43. The standard InChI is InChI=1S/C53H67ClN6O8Si/c1-53(2,3)69(6,7)68-47(40-19-21-45(61)51-41(40)20-22-49(63)58-51)31-55-30-35-28-42(54)44(29-46(35)66-5)56-48(62)18-13-24-59(4)50(64)23-25-60-32-36-26-38(27-37(36)33-60)67-52(65)57-43-17-12-11-16-39(43)34-14-9-8-10-15-34/h8-12,14-17,19-22,28-29,36-38,47,55,61H,13,18,23-27,30-33H2,1-7H3,(H,56,62)(H,57,65)(H,58,63)/t36?,37?,38?,47-/m0/s1. The number of carbonyl (C=O) groups is 3. The van der Waals surface area contributed by atoms with Gasteiger partial charge in [-0.15, -0.1) is 0 Å². The van der Waals surface area contributed by atoms with E-state index in [1.807, 2.05) is 60.7 Å². The minimum atomic E-state index is -2.29. The number of nitrogens with zero attached hydrogens (tertiary/aromatic N) is 2. The van der Waals surface area contributed by atoms with Gasteiger partial charge in [0.15, 0.2) is 8.32 Å². The fourth-order valence-corrected chi connectivity index (χ4v) is 10.8. The average molecular weight is 980 g/mol. The monoisotopic (exact) mass is 978 g/mol. The van der Waals surface area contributed by atoms with E-state index in [4.69, 9.17) is 25.5 Å². The molecule has 1 saturated heterocycles. The van der Waals surface area contributed by atoms with Crippen molar-refractivity contribution in [3.8, 4) is 22.6 Å². The van der Waals surface area contributed by atoms with Gasteiger partial charge in [0.1, 0.15) is 17.6 Å². The normalized spacial score (nSPS) is 17.6. The SMILES string of the molecule is COc1cc(NC(=O)CCCN(C)C(=O)CCN2CC3CC(OC(=O)Nc4ccccc4-c4ccccc4)CC3C2)c(Cl)cc1CNC[C@H](O[Si](C)(C)C(C)(C)C)c1ccc(O)c2[nH]c(=O)ccc12. The lowest BCUT2D eigenvalue weighted by Gasteiger charge is -2.39. The number of H-pyrrole nitrogens is 1. The molecular weight excluding hydrogens is 912 g/mol. The van der Waals surface area contributed by atoms with Gasteiger partial charge in [0.2, 0.25) is 17.4 Å². The number of aromatic nitrogens is 1. The smallest absolute Gasteiger partial charge is 0.411 e. The lowest BCUT2D eigenvalue weighted by Crippen LogP contribution is -2.43. The molecule has 2 heterocycles. The number of halogens is 1. The van der Waals surface area contributed by atoms with Crippen LogP contribution in [0.2, 0.25) is 23.2 Å². The Morgan fingerprint density at radius 3 is 2.35 bits per heavy atom. The lowest BCUT2D eigenvalue weighted by molar-refractivity contribution is -0.130. The van der Waals surface area contributed by atoms with Crippen LogP contribution in [0.5, 0.6) is 11.5 Å². The Morgan fingerprint density at radius 2 is 1.64 bits per heavy atom. The summed E-state index contributed by atoms with van der Waals surface area (Å²) in [5.41, 5.74) is 4.78. The Bertz CT molecular complexity index is 2660. The van der Waals surface area contributed by atoms with Gasteiger partial charge >= 0.3 is 6.09 Å². The fourth-order valence-electron chi connectivity index (χ4n) is 9.28. The van der Waals surface area contributed by atoms with Gasteiger partial charge in [-0.1, -0.05) is 87.0 Å². The number of methoxy groups -OCH3 is 1. The van der Waals surface area contributed by atoms with E-state index in [1.54, 1.807) is 43.3 Å². The summed E-state index contributed by atoms with van der Waals surface area (Å²) in [5, 5.41) is 20.9. The van der Waals surface area contributed by atoms with Crippen molar-refractivity contribution in [2.75, 3.05) is 57.5 Å². The number of likely N-dealkylation sites (tertiary alicyclic amines) is 1. The van der Waals surface area contributed by atoms with Crippen LogP contribution in [-0.4, -0.2) is 99.1 Å². The number of amides is 3. The van der Waals surface area contributed by atoms with Crippen LogP contribution in [0.15, 0.2) is 95.8 Å². The molecule has 2 aliphatic rings. The topological polar surface area (TPSA) is 175 Å². The number of anilines is 2. The third-order valence-electron chi connectivity index (χ3n) is 14.1. The molecule has 1 aromatic heterocycles. The van der Waals surface area contributed by atoms with Crippen LogP contribution < -0.4 is 26.2 Å². The van der Waals surface area contributed by atoms with E-state index in [2.05, 4.69) is 59.7 Å². The van der Waals surface area contributed by atoms with Gasteiger partial charge in [-0.2, -0.15) is 0 Å². The number of aromatic hydroxyl groups is 1. The fraction of sp³-hybridized carbons (Fsp3) is 0.434. The molecule has 368 valence electrons. The highest BCUT2D eigenvalue weighted by Crippen LogP contribution is 2.42. The van der Waals surface area contributed by atoms with Gasteiger partial charge in [0.05, 0.1) is 35.1 Å². The number of fused-ring (bicyclic) bond motifs is 2. The molecule has 1 aliphatic carbocycles. The van der Waals surface area contributed by atoms with E-state index in [0.717, 1.165) is 48.2 Å². The molecule has 1 saturated carbocycles. The van der Waals surface area contributed by atoms with E-state index < -0.39 is 20.5 Å². The summed E-state index contributed by atoms with van der Waals surface area (Å²) in [6.07, 6.45) is 1.71. The molecule has 14 nitrogen and oxygen atoms in total. The molecule has 7 rings (SSSR count). The Hall–Kier alpha value is -5.71. The van der Waals surface area contributed by atoms with Crippen molar-refractivity contribution >= 4 is 60.1 Å². The molecular formula is C53H67ClN6O8Si. The van der Waals surface area contributed by atoms with Crippen LogP contribution in [0.3, 0.4) is 0 Å². The number of pyridine rings is 1. The van der Waals surface area contributed by atoms with Gasteiger partial charge in [-0.05, 0) is 84.6 Å². The predicted octanol–water partition coefficient (Wildman–Crippen LogP) is 9.94. The summed E-state index contributed by atoms with van der Waals surface area (Å²) in [6.45, 7) is 14.5. The average Bonchev–Trinajstić information content (AvgIpc) is 3.87. The van der Waals surface area contributed by atoms with E-state index in [1.165, 1.54) is 6.07 Å². The van der Waals surface area contributed by atoms with E-state index in [9.17, 15) is 24.3 Å². The molecule has 0 spiro atoms. The number of phenols is 1. The zero-order valence-electron chi connectivity index (χ0n) is 40.8. The Balaban J connectivity index is 0.833. The number of aromatic amines is 1. The van der Waals surface area contributed by atoms with Gasteiger partial charge in [0, 0.05) is 87.8 Å². The molecule has 4 aromatic carbocycles. The maximum Gasteiger partial charge on any atom is 0.411 e. The number of carbonyl (C=O) groups excluding carboxylic acids is 3. The maximum atomic E-state index is 13.1. The second-order valence-electron chi connectivity index (χ2n) is 20.0. The van der Waals surface area contributed by atoms with Crippen molar-refractivity contribution in [2.45, 2.75) is 89.8 Å². The van der Waals surface area contributed by atoms with Gasteiger partial charge in [-0.25, -0.2) is 4.79 Å². The number of benzene rings is 4. The van der Waals surface area contributed by atoms with Crippen LogP contribution in [0.25, 0.3) is 22.0 Å². The number of nitrogens with one attached hydrogen (secondary N) is 4. The van der Waals surface area contributed by atoms with Gasteiger partial charge in [0.25, 0.3) is 0 Å². The van der Waals surface area contributed by atoms with Crippen LogP contribution in [0.4, 0.5) is 16.2 Å². The molecule has 69 heavy (non-hydrogen) atoms. The summed E-state index contributed by atoms with van der Waals surface area (Å²) >= 11 is 6.74. The largest absolute Gasteiger partial charge is 0.506 e. The number of para-hydroxylation sites is 1. The van der Waals surface area contributed by atoms with Crippen LogP contribution >= 0.6 is 11.6 Å². The lowest BCUT2D eigenvalue weighted by atomic mass is 10.0. The minimum absolute atomic E-state index is 0.0131. The zero-order chi connectivity index (χ0) is 49.5. The molecule has 3 amide bonds. The number of hydrogen-bond donors (Lipinski definition) is 5. The number of rotatable bonds is 19. The van der Waals surface area contributed by atoms with Crippen molar-refractivity contribution in [3.05, 3.63) is 117 Å². The molecule has 2 fully saturated rings. The Kier molecular flexibility index (Phi) is 16.6.